The van der Waals surface area contributed by atoms with Gasteiger partial charge in [0, 0.05) is 21.9 Å². The number of para-hydroxylation sites is 2. The standard InChI is InChI=1S/C39H29N/c1-39(2)35-17-8-6-15-31(35)32-21-19-28(24-36(32)39)26-11-10-12-27(23-26)29-20-22-34-33-16-7-9-18-37(33)40(38(34)25-29)30-13-4-3-5-14-30/h3-25H,1-2H3. The minimum absolute atomic E-state index is 0.00453. The van der Waals surface area contributed by atoms with Gasteiger partial charge in [-0.05, 0) is 80.9 Å². The van der Waals surface area contributed by atoms with Gasteiger partial charge in [-0.1, -0.05) is 117 Å². The third-order valence-electron chi connectivity index (χ3n) is 8.80. The second-order valence-corrected chi connectivity index (χ2v) is 11.4. The van der Waals surface area contributed by atoms with Crippen molar-refractivity contribution in [3.8, 4) is 39.1 Å². The molecule has 0 atom stereocenters. The largest absolute Gasteiger partial charge is 0.309 e. The summed E-state index contributed by atoms with van der Waals surface area (Å²) in [7, 11) is 0. The Morgan fingerprint density at radius 2 is 1.05 bits per heavy atom. The number of rotatable bonds is 3. The number of hydrogen-bond donors (Lipinski definition) is 0. The lowest BCUT2D eigenvalue weighted by atomic mass is 9.81. The molecule has 190 valence electrons. The summed E-state index contributed by atoms with van der Waals surface area (Å²) in [5, 5.41) is 2.56. The Balaban J connectivity index is 1.26. The monoisotopic (exact) mass is 511 g/mol. The first-order valence-electron chi connectivity index (χ1n) is 14.0. The number of fused-ring (bicyclic) bond motifs is 6. The first-order chi connectivity index (χ1) is 19.6. The van der Waals surface area contributed by atoms with Crippen LogP contribution in [0.3, 0.4) is 0 Å². The second kappa shape index (κ2) is 8.56. The van der Waals surface area contributed by atoms with Crippen LogP contribution in [0.25, 0.3) is 60.9 Å². The van der Waals surface area contributed by atoms with E-state index in [-0.39, 0.29) is 5.41 Å². The zero-order chi connectivity index (χ0) is 26.8. The molecular weight excluding hydrogens is 482 g/mol. The lowest BCUT2D eigenvalue weighted by Gasteiger charge is -2.22. The first-order valence-corrected chi connectivity index (χ1v) is 14.0. The Kier molecular flexibility index (Phi) is 4.93. The summed E-state index contributed by atoms with van der Waals surface area (Å²) >= 11 is 0. The molecule has 0 N–H and O–H groups in total. The fourth-order valence-electron chi connectivity index (χ4n) is 6.77. The molecule has 1 aliphatic rings. The minimum atomic E-state index is -0.00453. The predicted octanol–water partition coefficient (Wildman–Crippen LogP) is 10.4. The van der Waals surface area contributed by atoms with Gasteiger partial charge < -0.3 is 4.57 Å². The molecule has 1 nitrogen and oxygen atoms in total. The Hall–Kier alpha value is -4.88. The lowest BCUT2D eigenvalue weighted by molar-refractivity contribution is 0.660. The van der Waals surface area contributed by atoms with E-state index in [1.54, 1.807) is 0 Å². The third kappa shape index (κ3) is 3.34. The molecule has 40 heavy (non-hydrogen) atoms. The molecule has 7 aromatic rings. The van der Waals surface area contributed by atoms with Crippen molar-refractivity contribution in [1.29, 1.82) is 0 Å². The molecule has 0 amide bonds. The highest BCUT2D eigenvalue weighted by Gasteiger charge is 2.35. The van der Waals surface area contributed by atoms with Crippen molar-refractivity contribution in [1.82, 2.24) is 4.57 Å². The van der Waals surface area contributed by atoms with Gasteiger partial charge in [0.1, 0.15) is 0 Å². The molecule has 0 fully saturated rings. The van der Waals surface area contributed by atoms with Crippen molar-refractivity contribution in [2.45, 2.75) is 19.3 Å². The summed E-state index contributed by atoms with van der Waals surface area (Å²) in [5.41, 5.74) is 14.2. The molecule has 0 saturated carbocycles. The minimum Gasteiger partial charge on any atom is -0.309 e. The Morgan fingerprint density at radius 1 is 0.425 bits per heavy atom. The summed E-state index contributed by atoms with van der Waals surface area (Å²) < 4.78 is 2.39. The average molecular weight is 512 g/mol. The van der Waals surface area contributed by atoms with Crippen LogP contribution >= 0.6 is 0 Å². The molecule has 0 aliphatic heterocycles. The van der Waals surface area contributed by atoms with Crippen LogP contribution in [0, 0.1) is 0 Å². The topological polar surface area (TPSA) is 4.93 Å². The first kappa shape index (κ1) is 23.0. The number of benzene rings is 6. The quantitative estimate of drug-likeness (QED) is 0.222. The van der Waals surface area contributed by atoms with Crippen LogP contribution in [0.2, 0.25) is 0 Å². The van der Waals surface area contributed by atoms with Gasteiger partial charge in [-0.15, -0.1) is 0 Å². The van der Waals surface area contributed by atoms with Gasteiger partial charge in [0.15, 0.2) is 0 Å². The summed E-state index contributed by atoms with van der Waals surface area (Å²) in [5.74, 6) is 0. The maximum absolute atomic E-state index is 2.41. The molecule has 0 radical (unpaired) electrons. The predicted molar refractivity (Wildman–Crippen MR) is 169 cm³/mol. The highest BCUT2D eigenvalue weighted by Crippen LogP contribution is 2.49. The molecule has 8 rings (SSSR count). The Bertz CT molecular complexity index is 2070. The fourth-order valence-corrected chi connectivity index (χ4v) is 6.77. The average Bonchev–Trinajstić information content (AvgIpc) is 3.46. The van der Waals surface area contributed by atoms with Crippen LogP contribution in [0.4, 0.5) is 0 Å². The molecule has 0 bridgehead atoms. The van der Waals surface area contributed by atoms with Gasteiger partial charge in [0.2, 0.25) is 0 Å². The van der Waals surface area contributed by atoms with E-state index in [0.29, 0.717) is 0 Å². The van der Waals surface area contributed by atoms with Gasteiger partial charge in [0.25, 0.3) is 0 Å². The summed E-state index contributed by atoms with van der Waals surface area (Å²) in [4.78, 5) is 0. The normalized spacial score (nSPS) is 13.4. The molecule has 1 heteroatoms. The zero-order valence-corrected chi connectivity index (χ0v) is 22.7. The highest BCUT2D eigenvalue weighted by molar-refractivity contribution is 6.10. The van der Waals surface area contributed by atoms with E-state index < -0.39 is 0 Å². The highest BCUT2D eigenvalue weighted by atomic mass is 15.0. The van der Waals surface area contributed by atoms with E-state index in [0.717, 1.165) is 0 Å². The van der Waals surface area contributed by atoms with Gasteiger partial charge in [-0.3, -0.25) is 0 Å². The van der Waals surface area contributed by atoms with Gasteiger partial charge in [-0.25, -0.2) is 0 Å². The van der Waals surface area contributed by atoms with Gasteiger partial charge in [-0.2, -0.15) is 0 Å². The van der Waals surface area contributed by atoms with Crippen LogP contribution in [0.15, 0.2) is 140 Å². The van der Waals surface area contributed by atoms with Gasteiger partial charge in [0.05, 0.1) is 11.0 Å². The van der Waals surface area contributed by atoms with E-state index in [9.17, 15) is 0 Å². The lowest BCUT2D eigenvalue weighted by Crippen LogP contribution is -2.14. The van der Waals surface area contributed by atoms with Crippen molar-refractivity contribution in [3.05, 3.63) is 151 Å². The molecule has 1 aliphatic carbocycles. The molecule has 1 heterocycles. The molecule has 6 aromatic carbocycles. The molecule has 1 aromatic heterocycles. The maximum atomic E-state index is 2.41. The molecule has 0 unspecified atom stereocenters. The summed E-state index contributed by atoms with van der Waals surface area (Å²) in [6, 6.07) is 51.1. The van der Waals surface area contributed by atoms with Crippen LogP contribution in [0.1, 0.15) is 25.0 Å². The van der Waals surface area contributed by atoms with E-state index in [2.05, 4.69) is 158 Å². The molecule has 0 saturated heterocycles. The van der Waals surface area contributed by atoms with E-state index in [1.807, 2.05) is 0 Å². The summed E-state index contributed by atoms with van der Waals surface area (Å²) in [6.07, 6.45) is 0. The number of nitrogens with zero attached hydrogens (tertiary/aromatic N) is 1. The smallest absolute Gasteiger partial charge is 0.0547 e. The SMILES string of the molecule is CC1(C)c2ccccc2-c2ccc(-c3cccc(-c4ccc5c6ccccc6n(-c6ccccc6)c5c4)c3)cc21. The Morgan fingerprint density at radius 3 is 1.90 bits per heavy atom. The zero-order valence-electron chi connectivity index (χ0n) is 22.7. The van der Waals surface area contributed by atoms with Crippen molar-refractivity contribution >= 4 is 21.8 Å². The van der Waals surface area contributed by atoms with Crippen molar-refractivity contribution < 1.29 is 0 Å². The van der Waals surface area contributed by atoms with Crippen molar-refractivity contribution in [3.63, 3.8) is 0 Å². The number of aromatic nitrogens is 1. The van der Waals surface area contributed by atoms with E-state index in [4.69, 9.17) is 0 Å². The van der Waals surface area contributed by atoms with Crippen molar-refractivity contribution in [2.24, 2.45) is 0 Å². The Labute approximate surface area is 235 Å². The van der Waals surface area contributed by atoms with Crippen LogP contribution in [-0.2, 0) is 5.41 Å². The van der Waals surface area contributed by atoms with E-state index in [1.165, 1.54) is 72.0 Å². The molecular formula is C39H29N. The summed E-state index contributed by atoms with van der Waals surface area (Å²) in [6.45, 7) is 4.69. The van der Waals surface area contributed by atoms with Crippen molar-refractivity contribution in [2.75, 3.05) is 0 Å². The van der Waals surface area contributed by atoms with Crippen LogP contribution in [0.5, 0.6) is 0 Å². The third-order valence-corrected chi connectivity index (χ3v) is 8.80. The van der Waals surface area contributed by atoms with Gasteiger partial charge >= 0.3 is 0 Å². The maximum Gasteiger partial charge on any atom is 0.0547 e. The van der Waals surface area contributed by atoms with Crippen LogP contribution in [-0.4, -0.2) is 4.57 Å². The number of hydrogen-bond acceptors (Lipinski definition) is 0. The van der Waals surface area contributed by atoms with Crippen LogP contribution < -0.4 is 0 Å². The molecule has 0 spiro atoms. The fraction of sp³-hybridized carbons (Fsp3) is 0.0769. The van der Waals surface area contributed by atoms with E-state index >= 15 is 0 Å². The second-order valence-electron chi connectivity index (χ2n) is 11.4.